The van der Waals surface area contributed by atoms with Gasteiger partial charge in [-0.3, -0.25) is 4.98 Å². The largest absolute Gasteiger partial charge is 0.360 e. The molecule has 0 saturated carbocycles. The third kappa shape index (κ3) is 13.8. The standard InChI is InChI=1S/C16H17N3.C12H14N2.C2H6.CH2O/c1-12-6-8-15(9-7-12)13(2)18-19-14(3)16-5-4-10-17-11-16;1-4-9-13-11-5-7-12(8-6-11)14-10(2)3;2*1-2/h4-11H,1-3H3;5-8,13-14H,2H2,1,3H3;1-2H3;1H2/b18-13+,19-14+;;;. The Morgan fingerprint density at radius 3 is 1.86 bits per heavy atom. The highest BCUT2D eigenvalue weighted by atomic mass is 16.1. The normalized spacial score (nSPS) is 9.92. The number of carbonyl (C=O) groups excluding carboxylic acids is 1. The molecule has 194 valence electrons. The first-order valence-electron chi connectivity index (χ1n) is 11.9. The summed E-state index contributed by atoms with van der Waals surface area (Å²) in [4.78, 5) is 12.1. The summed E-state index contributed by atoms with van der Waals surface area (Å²) in [6.45, 7) is 19.5. The van der Waals surface area contributed by atoms with E-state index in [1.807, 2.05) is 77.8 Å². The molecule has 0 spiro atoms. The summed E-state index contributed by atoms with van der Waals surface area (Å²) in [6.07, 6.45) is 3.53. The van der Waals surface area contributed by atoms with E-state index in [0.29, 0.717) is 0 Å². The lowest BCUT2D eigenvalue weighted by molar-refractivity contribution is -0.0979. The van der Waals surface area contributed by atoms with Crippen molar-refractivity contribution in [3.05, 3.63) is 102 Å². The molecule has 6 nitrogen and oxygen atoms in total. The van der Waals surface area contributed by atoms with Crippen molar-refractivity contribution >= 4 is 29.6 Å². The third-order valence-electron chi connectivity index (χ3n) is 4.47. The smallest absolute Gasteiger partial charge is 0.106 e. The summed E-state index contributed by atoms with van der Waals surface area (Å²) < 4.78 is 0. The monoisotopic (exact) mass is 497 g/mol. The minimum absolute atomic E-state index is 0.861. The molecule has 3 rings (SSSR count). The van der Waals surface area contributed by atoms with Gasteiger partial charge in [-0.05, 0) is 70.5 Å². The van der Waals surface area contributed by atoms with Crippen LogP contribution in [0.4, 0.5) is 11.4 Å². The number of rotatable bonds is 6. The topological polar surface area (TPSA) is 78.7 Å². The summed E-state index contributed by atoms with van der Waals surface area (Å²) in [6, 6.07) is 22.8. The second-order valence-electron chi connectivity index (χ2n) is 7.46. The first kappa shape index (κ1) is 32.5. The molecule has 1 heterocycles. The van der Waals surface area contributed by atoms with E-state index in [-0.39, 0.29) is 0 Å². The Hall–Kier alpha value is -4.50. The first-order chi connectivity index (χ1) is 17.9. The van der Waals surface area contributed by atoms with Crippen LogP contribution >= 0.6 is 0 Å². The molecule has 1 aromatic heterocycles. The summed E-state index contributed by atoms with van der Waals surface area (Å²) in [5.74, 6) is 2.77. The minimum atomic E-state index is 0.861. The fraction of sp³-hybridized carbons (Fsp3) is 0.226. The minimum Gasteiger partial charge on any atom is -0.360 e. The van der Waals surface area contributed by atoms with Crippen LogP contribution in [0.25, 0.3) is 0 Å². The van der Waals surface area contributed by atoms with E-state index >= 15 is 0 Å². The number of benzene rings is 2. The number of aromatic nitrogens is 1. The predicted molar refractivity (Wildman–Crippen MR) is 160 cm³/mol. The van der Waals surface area contributed by atoms with E-state index in [4.69, 9.17) is 4.79 Å². The SMILES string of the molecule is C/C(=N\N=C(/C)c1cccnc1)c1ccc(C)cc1.C=C(C)Nc1ccc(NC#CC)cc1.C=O.CC. The van der Waals surface area contributed by atoms with Gasteiger partial charge in [0.05, 0.1) is 11.4 Å². The molecular weight excluding hydrogens is 458 g/mol. The fourth-order valence-corrected chi connectivity index (χ4v) is 2.65. The summed E-state index contributed by atoms with van der Waals surface area (Å²) in [5, 5.41) is 14.6. The molecule has 2 N–H and O–H groups in total. The van der Waals surface area contributed by atoms with Crippen LogP contribution in [-0.2, 0) is 4.79 Å². The molecule has 0 fully saturated rings. The van der Waals surface area contributed by atoms with E-state index < -0.39 is 0 Å². The summed E-state index contributed by atoms with van der Waals surface area (Å²) in [5.41, 5.74) is 8.05. The number of carbonyl (C=O) groups is 1. The average molecular weight is 498 g/mol. The van der Waals surface area contributed by atoms with Gasteiger partial charge in [-0.2, -0.15) is 10.2 Å². The number of aryl methyl sites for hydroxylation is 1. The third-order valence-corrected chi connectivity index (χ3v) is 4.47. The maximum Gasteiger partial charge on any atom is 0.106 e. The van der Waals surface area contributed by atoms with Crippen molar-refractivity contribution in [3.63, 3.8) is 0 Å². The lowest BCUT2D eigenvalue weighted by Gasteiger charge is -2.05. The van der Waals surface area contributed by atoms with Crippen molar-refractivity contribution in [2.24, 2.45) is 10.2 Å². The Morgan fingerprint density at radius 1 is 0.838 bits per heavy atom. The molecule has 0 saturated heterocycles. The van der Waals surface area contributed by atoms with Crippen LogP contribution in [0.3, 0.4) is 0 Å². The Bertz CT molecular complexity index is 1170. The predicted octanol–water partition coefficient (Wildman–Crippen LogP) is 7.49. The molecule has 0 aliphatic carbocycles. The van der Waals surface area contributed by atoms with Gasteiger partial charge in [-0.15, -0.1) is 0 Å². The molecule has 6 heteroatoms. The van der Waals surface area contributed by atoms with Crippen molar-refractivity contribution in [2.75, 3.05) is 10.6 Å². The van der Waals surface area contributed by atoms with Crippen molar-refractivity contribution < 1.29 is 4.79 Å². The number of anilines is 2. The first-order valence-corrected chi connectivity index (χ1v) is 11.9. The second-order valence-corrected chi connectivity index (χ2v) is 7.46. The zero-order valence-electron chi connectivity index (χ0n) is 23.1. The zero-order chi connectivity index (χ0) is 28.1. The lowest BCUT2D eigenvalue weighted by Crippen LogP contribution is -1.97. The van der Waals surface area contributed by atoms with E-state index in [1.54, 1.807) is 19.3 Å². The van der Waals surface area contributed by atoms with Gasteiger partial charge < -0.3 is 15.4 Å². The van der Waals surface area contributed by atoms with Crippen LogP contribution in [-0.4, -0.2) is 23.2 Å². The van der Waals surface area contributed by atoms with Gasteiger partial charge in [-0.1, -0.05) is 62.2 Å². The molecule has 0 radical (unpaired) electrons. The Morgan fingerprint density at radius 2 is 1.38 bits per heavy atom. The molecule has 0 amide bonds. The van der Waals surface area contributed by atoms with Gasteiger partial charge in [0, 0.05) is 41.1 Å². The summed E-state index contributed by atoms with van der Waals surface area (Å²) in [7, 11) is 0. The second kappa shape index (κ2) is 19.8. The maximum atomic E-state index is 8.00. The van der Waals surface area contributed by atoms with E-state index in [1.165, 1.54) is 5.56 Å². The van der Waals surface area contributed by atoms with Crippen LogP contribution in [0.2, 0.25) is 0 Å². The van der Waals surface area contributed by atoms with Crippen molar-refractivity contribution in [3.8, 4) is 12.0 Å². The zero-order valence-corrected chi connectivity index (χ0v) is 23.1. The van der Waals surface area contributed by atoms with Crippen molar-refractivity contribution in [1.29, 1.82) is 0 Å². The highest BCUT2D eigenvalue weighted by Gasteiger charge is 1.98. The molecule has 0 atom stereocenters. The van der Waals surface area contributed by atoms with Gasteiger partial charge >= 0.3 is 0 Å². The van der Waals surface area contributed by atoms with Crippen LogP contribution in [0.5, 0.6) is 0 Å². The van der Waals surface area contributed by atoms with E-state index in [9.17, 15) is 0 Å². The Kier molecular flexibility index (Phi) is 17.4. The summed E-state index contributed by atoms with van der Waals surface area (Å²) >= 11 is 0. The highest BCUT2D eigenvalue weighted by molar-refractivity contribution is 6.01. The molecule has 0 aliphatic rings. The number of allylic oxidation sites excluding steroid dienone is 1. The molecule has 0 unspecified atom stereocenters. The number of pyridine rings is 1. The van der Waals surface area contributed by atoms with Gasteiger partial charge in [0.2, 0.25) is 0 Å². The highest BCUT2D eigenvalue weighted by Crippen LogP contribution is 2.14. The van der Waals surface area contributed by atoms with Gasteiger partial charge in [0.15, 0.2) is 0 Å². The average Bonchev–Trinajstić information content (AvgIpc) is 2.94. The number of nitrogens with zero attached hydrogens (tertiary/aromatic N) is 3. The Balaban J connectivity index is 0.000000640. The van der Waals surface area contributed by atoms with Crippen molar-refractivity contribution in [1.82, 2.24) is 4.98 Å². The molecule has 3 aromatic rings. The van der Waals surface area contributed by atoms with Crippen molar-refractivity contribution in [2.45, 2.75) is 48.5 Å². The fourth-order valence-electron chi connectivity index (χ4n) is 2.65. The van der Waals surface area contributed by atoms with E-state index in [2.05, 4.69) is 75.6 Å². The quantitative estimate of drug-likeness (QED) is 0.160. The molecule has 0 aliphatic heterocycles. The van der Waals surface area contributed by atoms with Gasteiger partial charge in [-0.25, -0.2) is 0 Å². The van der Waals surface area contributed by atoms with Gasteiger partial charge in [0.25, 0.3) is 0 Å². The molecule has 37 heavy (non-hydrogen) atoms. The molecular formula is C31H39N5O. The Labute approximate surface area is 222 Å². The molecule has 0 bridgehead atoms. The van der Waals surface area contributed by atoms with Crippen LogP contribution in [0.1, 0.15) is 58.2 Å². The number of hydrogen-bond donors (Lipinski definition) is 2. The number of hydrogen-bond acceptors (Lipinski definition) is 6. The van der Waals surface area contributed by atoms with Crippen LogP contribution < -0.4 is 10.6 Å². The van der Waals surface area contributed by atoms with Gasteiger partial charge in [0.1, 0.15) is 6.79 Å². The number of nitrogens with one attached hydrogen (secondary N) is 2. The van der Waals surface area contributed by atoms with E-state index in [0.717, 1.165) is 39.6 Å². The van der Waals surface area contributed by atoms with Crippen LogP contribution in [0.15, 0.2) is 95.5 Å². The van der Waals surface area contributed by atoms with Crippen LogP contribution in [0, 0.1) is 18.9 Å². The molecule has 2 aromatic carbocycles. The lowest BCUT2D eigenvalue weighted by atomic mass is 10.1. The maximum absolute atomic E-state index is 8.00.